The maximum absolute atomic E-state index is 14.8. The van der Waals surface area contributed by atoms with Crippen LogP contribution in [0.5, 0.6) is 5.75 Å². The van der Waals surface area contributed by atoms with Crippen molar-refractivity contribution in [3.05, 3.63) is 46.2 Å². The number of aryl methyl sites for hydroxylation is 2. The predicted molar refractivity (Wildman–Crippen MR) is 150 cm³/mol. The molecule has 0 saturated carbocycles. The average molecular weight is 579 g/mol. The average Bonchev–Trinajstić information content (AvgIpc) is 3.18. The van der Waals surface area contributed by atoms with Crippen LogP contribution in [0.15, 0.2) is 22.7 Å². The number of nitrogens with zero attached hydrogens (tertiary/aromatic N) is 4. The molecule has 0 radical (unpaired) electrons. The molecule has 0 bridgehead atoms. The summed E-state index contributed by atoms with van der Waals surface area (Å²) in [4.78, 5) is 21.2. The lowest BCUT2D eigenvalue weighted by Crippen LogP contribution is -2.47. The molecule has 0 unspecified atom stereocenters. The van der Waals surface area contributed by atoms with Crippen LogP contribution < -0.4 is 4.74 Å². The third-order valence-electron chi connectivity index (χ3n) is 6.75. The van der Waals surface area contributed by atoms with E-state index in [-0.39, 0.29) is 34.8 Å². The minimum atomic E-state index is -2.16. The van der Waals surface area contributed by atoms with E-state index in [9.17, 15) is 9.18 Å². The minimum Gasteiger partial charge on any atom is -0.493 e. The van der Waals surface area contributed by atoms with Gasteiger partial charge >= 0.3 is 6.09 Å². The van der Waals surface area contributed by atoms with Gasteiger partial charge in [0.25, 0.3) is 0 Å². The smallest absolute Gasteiger partial charge is 0.432 e. The molecular formula is C27H36ClFN4O5Si. The fraction of sp³-hybridized carbons (Fsp3) is 0.481. The molecule has 0 spiro atoms. The predicted octanol–water partition coefficient (Wildman–Crippen LogP) is 7.29. The van der Waals surface area contributed by atoms with Gasteiger partial charge in [-0.3, -0.25) is 0 Å². The number of ether oxygens (including phenoxy) is 2. The summed E-state index contributed by atoms with van der Waals surface area (Å²) in [5.74, 6) is 0.579. The van der Waals surface area contributed by atoms with Crippen LogP contribution >= 0.6 is 11.6 Å². The van der Waals surface area contributed by atoms with Crippen molar-refractivity contribution < 1.29 is 27.7 Å². The van der Waals surface area contributed by atoms with Crippen LogP contribution in [0.4, 0.5) is 9.18 Å². The highest BCUT2D eigenvalue weighted by Gasteiger charge is 2.40. The Balaban J connectivity index is 1.64. The van der Waals surface area contributed by atoms with Gasteiger partial charge in [-0.05, 0) is 57.1 Å². The number of benzene rings is 1. The highest BCUT2D eigenvalue weighted by molar-refractivity contribution is 6.74. The van der Waals surface area contributed by atoms with Gasteiger partial charge < -0.3 is 18.5 Å². The van der Waals surface area contributed by atoms with Crippen molar-refractivity contribution in [1.29, 1.82) is 0 Å². The third kappa shape index (κ3) is 7.14. The molecule has 2 aromatic heterocycles. The summed E-state index contributed by atoms with van der Waals surface area (Å²) in [6, 6.07) is 4.31. The lowest BCUT2D eigenvalue weighted by molar-refractivity contribution is -0.0404. The molecule has 0 saturated heterocycles. The van der Waals surface area contributed by atoms with Gasteiger partial charge in [-0.15, -0.1) is 0 Å². The number of aromatic nitrogens is 3. The zero-order valence-corrected chi connectivity index (χ0v) is 25.7. The minimum absolute atomic E-state index is 0.0474. The van der Waals surface area contributed by atoms with Crippen LogP contribution in [0.3, 0.4) is 0 Å². The van der Waals surface area contributed by atoms with Crippen molar-refractivity contribution in [3.63, 3.8) is 0 Å². The lowest BCUT2D eigenvalue weighted by Gasteiger charge is -2.37. The molecule has 39 heavy (non-hydrogen) atoms. The molecule has 3 rings (SSSR count). The molecule has 0 aliphatic rings. The summed E-state index contributed by atoms with van der Waals surface area (Å²) < 4.78 is 37.1. The first-order valence-electron chi connectivity index (χ1n) is 12.6. The summed E-state index contributed by atoms with van der Waals surface area (Å²) in [6.07, 6.45) is -0.138. The first kappa shape index (κ1) is 30.5. The Bertz CT molecular complexity index is 1320. The molecule has 2 heterocycles. The second kappa shape index (κ2) is 12.0. The van der Waals surface area contributed by atoms with E-state index in [1.54, 1.807) is 27.8 Å². The van der Waals surface area contributed by atoms with Gasteiger partial charge in [-0.25, -0.2) is 24.2 Å². The molecule has 1 aromatic carbocycles. The van der Waals surface area contributed by atoms with Gasteiger partial charge in [0, 0.05) is 19.0 Å². The van der Waals surface area contributed by atoms with Crippen molar-refractivity contribution in [2.45, 2.75) is 66.1 Å². The Hall–Kier alpha value is -3.02. The number of hydrogen-bond acceptors (Lipinski definition) is 8. The monoisotopic (exact) mass is 578 g/mol. The Morgan fingerprint density at radius 3 is 2.46 bits per heavy atom. The SMILES string of the molecule is Cc1noc(C)c1-c1nc(-c2cc(OCCCOC(=O)N(C)O[Si](C)(C)C(C)(C)C)ccc2F)nc(Cl)c1C. The number of carbonyl (C=O) groups is 1. The topological polar surface area (TPSA) is 99.8 Å². The van der Waals surface area contributed by atoms with Crippen molar-refractivity contribution >= 4 is 26.0 Å². The summed E-state index contributed by atoms with van der Waals surface area (Å²) in [5, 5.41) is 5.29. The zero-order chi connectivity index (χ0) is 29.1. The summed E-state index contributed by atoms with van der Waals surface area (Å²) in [5.41, 5.74) is 2.64. The van der Waals surface area contributed by atoms with Crippen molar-refractivity contribution in [3.8, 4) is 28.4 Å². The standard InChI is InChI=1S/C27H36ClFN4O5Si/c1-16-23(22-17(2)32-37-18(22)3)30-25(31-24(16)28)20-15-19(11-12-21(20)29)35-13-10-14-36-26(34)33(7)38-39(8,9)27(4,5)6/h11-12,15H,10,13-14H2,1-9H3. The van der Waals surface area contributed by atoms with Crippen LogP contribution in [0.25, 0.3) is 22.6 Å². The molecule has 1 amide bonds. The normalized spacial score (nSPS) is 12.0. The van der Waals surface area contributed by atoms with E-state index < -0.39 is 20.2 Å². The highest BCUT2D eigenvalue weighted by Crippen LogP contribution is 2.37. The van der Waals surface area contributed by atoms with Crippen LogP contribution in [0.2, 0.25) is 23.3 Å². The number of hydroxylamine groups is 2. The van der Waals surface area contributed by atoms with Crippen LogP contribution in [0, 0.1) is 26.6 Å². The van der Waals surface area contributed by atoms with Gasteiger partial charge in [0.1, 0.15) is 22.5 Å². The molecule has 0 N–H and O–H groups in total. The quantitative estimate of drug-likeness (QED) is 0.113. The van der Waals surface area contributed by atoms with Gasteiger partial charge in [-0.1, -0.05) is 37.5 Å². The van der Waals surface area contributed by atoms with Crippen molar-refractivity contribution in [1.82, 2.24) is 20.2 Å². The highest BCUT2D eigenvalue weighted by atomic mass is 35.5. The first-order valence-corrected chi connectivity index (χ1v) is 15.9. The number of rotatable bonds is 9. The second-order valence-electron chi connectivity index (χ2n) is 10.8. The summed E-state index contributed by atoms with van der Waals surface area (Å²) >= 11 is 6.40. The fourth-order valence-corrected chi connectivity index (χ4v) is 4.66. The van der Waals surface area contributed by atoms with E-state index in [0.717, 1.165) is 5.06 Å². The summed E-state index contributed by atoms with van der Waals surface area (Å²) in [6.45, 7) is 16.1. The molecule has 0 aliphatic carbocycles. The Morgan fingerprint density at radius 2 is 1.85 bits per heavy atom. The second-order valence-corrected chi connectivity index (χ2v) is 15.9. The largest absolute Gasteiger partial charge is 0.493 e. The number of hydrogen-bond donors (Lipinski definition) is 0. The van der Waals surface area contributed by atoms with Crippen LogP contribution in [-0.2, 0) is 9.26 Å². The Kier molecular flexibility index (Phi) is 9.40. The van der Waals surface area contributed by atoms with Crippen LogP contribution in [-0.4, -0.2) is 54.9 Å². The molecule has 0 fully saturated rings. The molecule has 212 valence electrons. The van der Waals surface area contributed by atoms with Gasteiger partial charge in [0.15, 0.2) is 5.82 Å². The van der Waals surface area contributed by atoms with E-state index in [4.69, 9.17) is 30.1 Å². The zero-order valence-electron chi connectivity index (χ0n) is 23.9. The lowest BCUT2D eigenvalue weighted by atomic mass is 10.1. The van der Waals surface area contributed by atoms with Crippen LogP contribution in [0.1, 0.15) is 44.2 Å². The molecule has 9 nitrogen and oxygen atoms in total. The third-order valence-corrected chi connectivity index (χ3v) is 11.5. The Morgan fingerprint density at radius 1 is 1.15 bits per heavy atom. The van der Waals surface area contributed by atoms with Gasteiger partial charge in [0.2, 0.25) is 8.32 Å². The molecule has 0 atom stereocenters. The number of amides is 1. The van der Waals surface area contributed by atoms with E-state index in [2.05, 4.69) is 49.0 Å². The van der Waals surface area contributed by atoms with Crippen molar-refractivity contribution in [2.75, 3.05) is 20.3 Å². The van der Waals surface area contributed by atoms with Gasteiger partial charge in [-0.2, -0.15) is 0 Å². The molecule has 0 aliphatic heterocycles. The summed E-state index contributed by atoms with van der Waals surface area (Å²) in [7, 11) is -0.604. The number of carbonyl (C=O) groups excluding carboxylic acids is 1. The van der Waals surface area contributed by atoms with E-state index in [1.807, 2.05) is 0 Å². The molecule has 3 aromatic rings. The maximum atomic E-state index is 14.8. The van der Waals surface area contributed by atoms with E-state index in [0.29, 0.717) is 40.4 Å². The van der Waals surface area contributed by atoms with Gasteiger partial charge in [0.05, 0.1) is 35.7 Å². The van der Waals surface area contributed by atoms with E-state index >= 15 is 0 Å². The number of halogens is 2. The van der Waals surface area contributed by atoms with E-state index in [1.165, 1.54) is 18.2 Å². The fourth-order valence-electron chi connectivity index (χ4n) is 3.46. The van der Waals surface area contributed by atoms with Crippen molar-refractivity contribution in [2.24, 2.45) is 0 Å². The molecular weight excluding hydrogens is 543 g/mol. The Labute approximate surface area is 234 Å². The molecule has 12 heteroatoms. The first-order chi connectivity index (χ1) is 18.1. The maximum Gasteiger partial charge on any atom is 0.432 e.